The lowest BCUT2D eigenvalue weighted by Crippen LogP contribution is -2.30. The Bertz CT molecular complexity index is 820. The molecular formula is C20H24N2O5. The Hall–Kier alpha value is -3.22. The molecule has 0 atom stereocenters. The van der Waals surface area contributed by atoms with E-state index in [0.29, 0.717) is 30.2 Å². The molecule has 0 fully saturated rings. The number of methoxy groups -OCH3 is 2. The highest BCUT2D eigenvalue weighted by molar-refractivity contribution is 5.96. The summed E-state index contributed by atoms with van der Waals surface area (Å²) in [5.41, 5.74) is 8.24. The van der Waals surface area contributed by atoms with Crippen LogP contribution in [0.5, 0.6) is 11.5 Å². The number of ether oxygens (including phenoxy) is 3. The van der Waals surface area contributed by atoms with Crippen molar-refractivity contribution < 1.29 is 23.8 Å². The van der Waals surface area contributed by atoms with Gasteiger partial charge in [-0.2, -0.15) is 0 Å². The summed E-state index contributed by atoms with van der Waals surface area (Å²) in [6.45, 7) is 1.84. The molecule has 0 saturated carbocycles. The van der Waals surface area contributed by atoms with Crippen molar-refractivity contribution >= 4 is 17.6 Å². The number of benzene rings is 2. The monoisotopic (exact) mass is 372 g/mol. The Morgan fingerprint density at radius 1 is 1.07 bits per heavy atom. The number of hydrogen-bond acceptors (Lipinski definition) is 6. The van der Waals surface area contributed by atoms with Gasteiger partial charge in [-0.3, -0.25) is 4.79 Å². The van der Waals surface area contributed by atoms with E-state index in [1.165, 1.54) is 0 Å². The van der Waals surface area contributed by atoms with Crippen LogP contribution in [-0.4, -0.2) is 39.2 Å². The van der Waals surface area contributed by atoms with Gasteiger partial charge in [-0.25, -0.2) is 4.79 Å². The maximum absolute atomic E-state index is 12.0. The van der Waals surface area contributed by atoms with Crippen molar-refractivity contribution in [2.24, 2.45) is 0 Å². The zero-order valence-corrected chi connectivity index (χ0v) is 15.7. The first-order chi connectivity index (χ1) is 13.0. The zero-order valence-electron chi connectivity index (χ0n) is 15.7. The molecule has 0 aromatic heterocycles. The lowest BCUT2D eigenvalue weighted by Gasteiger charge is -2.11. The highest BCUT2D eigenvalue weighted by Crippen LogP contribution is 2.27. The standard InChI is InChI=1S/C20H24N2O5/c1-13-5-4-6-15(19(13)21)20(24)27-12-18(23)22-10-9-14-7-8-16(25-2)17(11-14)26-3/h4-8,11H,9-10,12,21H2,1-3H3,(H,22,23). The lowest BCUT2D eigenvalue weighted by atomic mass is 10.1. The number of nitrogens with two attached hydrogens (primary N) is 1. The second-order valence-electron chi connectivity index (χ2n) is 5.90. The second kappa shape index (κ2) is 9.47. The van der Waals surface area contributed by atoms with Crippen LogP contribution in [0.1, 0.15) is 21.5 Å². The molecule has 2 aromatic rings. The number of rotatable bonds is 8. The Balaban J connectivity index is 1.79. The van der Waals surface area contributed by atoms with Gasteiger partial charge in [0.2, 0.25) is 0 Å². The maximum atomic E-state index is 12.0. The fraction of sp³-hybridized carbons (Fsp3) is 0.300. The normalized spacial score (nSPS) is 10.2. The van der Waals surface area contributed by atoms with Crippen molar-refractivity contribution in [1.29, 1.82) is 0 Å². The van der Waals surface area contributed by atoms with Gasteiger partial charge < -0.3 is 25.3 Å². The SMILES string of the molecule is COc1ccc(CCNC(=O)COC(=O)c2cccc(C)c2N)cc1OC. The molecule has 0 aliphatic heterocycles. The van der Waals surface area contributed by atoms with Crippen LogP contribution in [0.3, 0.4) is 0 Å². The van der Waals surface area contributed by atoms with E-state index in [9.17, 15) is 9.59 Å². The molecule has 2 aromatic carbocycles. The summed E-state index contributed by atoms with van der Waals surface area (Å²) in [6, 6.07) is 10.6. The molecule has 0 aliphatic rings. The molecule has 0 aliphatic carbocycles. The van der Waals surface area contributed by atoms with Crippen molar-refractivity contribution in [3.05, 3.63) is 53.1 Å². The van der Waals surface area contributed by atoms with E-state index in [4.69, 9.17) is 19.9 Å². The van der Waals surface area contributed by atoms with E-state index in [1.54, 1.807) is 39.3 Å². The largest absolute Gasteiger partial charge is 0.493 e. The molecule has 27 heavy (non-hydrogen) atoms. The highest BCUT2D eigenvalue weighted by Gasteiger charge is 2.14. The summed E-state index contributed by atoms with van der Waals surface area (Å²) < 4.78 is 15.5. The van der Waals surface area contributed by atoms with E-state index < -0.39 is 5.97 Å². The average Bonchev–Trinajstić information content (AvgIpc) is 2.68. The quantitative estimate of drug-likeness (QED) is 0.544. The van der Waals surface area contributed by atoms with Crippen molar-refractivity contribution in [2.75, 3.05) is 33.1 Å². The van der Waals surface area contributed by atoms with E-state index in [2.05, 4.69) is 5.32 Å². The fourth-order valence-electron chi connectivity index (χ4n) is 2.50. The average molecular weight is 372 g/mol. The predicted octanol–water partition coefficient (Wildman–Crippen LogP) is 2.11. The minimum Gasteiger partial charge on any atom is -0.493 e. The Morgan fingerprint density at radius 2 is 1.81 bits per heavy atom. The summed E-state index contributed by atoms with van der Waals surface area (Å²) in [5, 5.41) is 2.71. The summed E-state index contributed by atoms with van der Waals surface area (Å²) >= 11 is 0. The third kappa shape index (κ3) is 5.37. The molecule has 7 heteroatoms. The van der Waals surface area contributed by atoms with Gasteiger partial charge in [0, 0.05) is 12.2 Å². The number of esters is 1. The van der Waals surface area contributed by atoms with Crippen LogP contribution in [0.25, 0.3) is 0 Å². The Labute approximate surface area is 158 Å². The fourth-order valence-corrected chi connectivity index (χ4v) is 2.50. The third-order valence-electron chi connectivity index (χ3n) is 4.06. The minimum atomic E-state index is -0.619. The number of anilines is 1. The van der Waals surface area contributed by atoms with Gasteiger partial charge in [-0.1, -0.05) is 18.2 Å². The lowest BCUT2D eigenvalue weighted by molar-refractivity contribution is -0.124. The second-order valence-corrected chi connectivity index (χ2v) is 5.90. The van der Waals surface area contributed by atoms with Gasteiger partial charge in [0.1, 0.15) is 0 Å². The molecule has 7 nitrogen and oxygen atoms in total. The number of para-hydroxylation sites is 1. The van der Waals surface area contributed by atoms with Gasteiger partial charge in [0.05, 0.1) is 19.8 Å². The van der Waals surface area contributed by atoms with Crippen LogP contribution in [-0.2, 0) is 16.0 Å². The first-order valence-electron chi connectivity index (χ1n) is 8.46. The molecule has 0 spiro atoms. The number of amides is 1. The van der Waals surface area contributed by atoms with Crippen LogP contribution >= 0.6 is 0 Å². The number of carbonyl (C=O) groups excluding carboxylic acids is 2. The van der Waals surface area contributed by atoms with Crippen molar-refractivity contribution in [2.45, 2.75) is 13.3 Å². The predicted molar refractivity (Wildman–Crippen MR) is 102 cm³/mol. The van der Waals surface area contributed by atoms with Gasteiger partial charge in [0.15, 0.2) is 18.1 Å². The van der Waals surface area contributed by atoms with E-state index in [-0.39, 0.29) is 18.1 Å². The molecule has 0 heterocycles. The first kappa shape index (κ1) is 20.1. The number of carbonyl (C=O) groups is 2. The smallest absolute Gasteiger partial charge is 0.340 e. The van der Waals surface area contributed by atoms with Crippen molar-refractivity contribution in [3.8, 4) is 11.5 Å². The van der Waals surface area contributed by atoms with Crippen LogP contribution in [0.15, 0.2) is 36.4 Å². The van der Waals surface area contributed by atoms with E-state index in [0.717, 1.165) is 11.1 Å². The number of aryl methyl sites for hydroxylation is 1. The summed E-state index contributed by atoms with van der Waals surface area (Å²) in [7, 11) is 3.14. The number of nitrogen functional groups attached to an aromatic ring is 1. The Kier molecular flexibility index (Phi) is 7.05. The first-order valence-corrected chi connectivity index (χ1v) is 8.46. The molecule has 0 unspecified atom stereocenters. The zero-order chi connectivity index (χ0) is 19.8. The molecule has 1 amide bonds. The van der Waals surface area contributed by atoms with Crippen LogP contribution in [0.4, 0.5) is 5.69 Å². The minimum absolute atomic E-state index is 0.258. The third-order valence-corrected chi connectivity index (χ3v) is 4.06. The highest BCUT2D eigenvalue weighted by atomic mass is 16.5. The van der Waals surface area contributed by atoms with Crippen LogP contribution < -0.4 is 20.5 Å². The molecule has 3 N–H and O–H groups in total. The molecule has 0 radical (unpaired) electrons. The van der Waals surface area contributed by atoms with Crippen molar-refractivity contribution in [3.63, 3.8) is 0 Å². The summed E-state index contributed by atoms with van der Waals surface area (Å²) in [5.74, 6) is 0.278. The molecular weight excluding hydrogens is 348 g/mol. The summed E-state index contributed by atoms with van der Waals surface area (Å²) in [6.07, 6.45) is 0.602. The Morgan fingerprint density at radius 3 is 2.52 bits per heavy atom. The molecule has 0 saturated heterocycles. The van der Waals surface area contributed by atoms with Crippen molar-refractivity contribution in [1.82, 2.24) is 5.32 Å². The summed E-state index contributed by atoms with van der Waals surface area (Å²) in [4.78, 5) is 23.9. The van der Waals surface area contributed by atoms with Gasteiger partial charge >= 0.3 is 5.97 Å². The van der Waals surface area contributed by atoms with E-state index in [1.807, 2.05) is 18.2 Å². The molecule has 0 bridgehead atoms. The van der Waals surface area contributed by atoms with Gasteiger partial charge in [-0.15, -0.1) is 0 Å². The molecule has 2 rings (SSSR count). The van der Waals surface area contributed by atoms with Crippen LogP contribution in [0, 0.1) is 6.92 Å². The number of nitrogens with one attached hydrogen (secondary N) is 1. The van der Waals surface area contributed by atoms with E-state index >= 15 is 0 Å². The topological polar surface area (TPSA) is 99.9 Å². The van der Waals surface area contributed by atoms with Gasteiger partial charge in [-0.05, 0) is 42.7 Å². The molecule has 144 valence electrons. The van der Waals surface area contributed by atoms with Crippen LogP contribution in [0.2, 0.25) is 0 Å². The van der Waals surface area contributed by atoms with Gasteiger partial charge in [0.25, 0.3) is 5.91 Å². The number of hydrogen-bond donors (Lipinski definition) is 2. The maximum Gasteiger partial charge on any atom is 0.340 e.